The average Bonchev–Trinajstić information content (AvgIpc) is 2.66. The minimum absolute atomic E-state index is 0.210. The number of nitrogens with zero attached hydrogens (tertiary/aromatic N) is 3. The fraction of sp³-hybridized carbons (Fsp3) is 0.273. The van der Waals surface area contributed by atoms with Gasteiger partial charge in [-0.1, -0.05) is 0 Å². The van der Waals surface area contributed by atoms with E-state index in [4.69, 9.17) is 0 Å². The lowest BCUT2D eigenvalue weighted by Crippen LogP contribution is -2.02. The van der Waals surface area contributed by atoms with E-state index in [1.165, 1.54) is 0 Å². The molecule has 2 rings (SSSR count). The van der Waals surface area contributed by atoms with Crippen molar-refractivity contribution in [1.82, 2.24) is 14.8 Å². The number of aromatic hydroxyl groups is 1. The zero-order valence-corrected chi connectivity index (χ0v) is 9.31. The van der Waals surface area contributed by atoms with Crippen LogP contribution in [0.5, 0.6) is 5.75 Å². The van der Waals surface area contributed by atoms with Crippen LogP contribution in [0.1, 0.15) is 11.4 Å². The van der Waals surface area contributed by atoms with Gasteiger partial charge in [-0.05, 0) is 19.1 Å². The lowest BCUT2D eigenvalue weighted by Gasteiger charge is -2.05. The molecule has 5 heteroatoms. The Morgan fingerprint density at radius 2 is 2.25 bits per heavy atom. The Hall–Kier alpha value is -2.04. The summed E-state index contributed by atoms with van der Waals surface area (Å²) in [6, 6.07) is 3.44. The molecule has 0 amide bonds. The first kappa shape index (κ1) is 10.5. The number of aromatic nitrogens is 3. The van der Waals surface area contributed by atoms with Crippen LogP contribution < -0.4 is 5.32 Å². The molecular weight excluding hydrogens is 204 g/mol. The van der Waals surface area contributed by atoms with Crippen molar-refractivity contribution in [2.45, 2.75) is 13.5 Å². The first-order valence-corrected chi connectivity index (χ1v) is 5.03. The predicted molar refractivity (Wildman–Crippen MR) is 61.2 cm³/mol. The number of rotatable bonds is 3. The lowest BCUT2D eigenvalue weighted by atomic mass is 10.3. The summed E-state index contributed by atoms with van der Waals surface area (Å²) in [5.74, 6) is 0.210. The van der Waals surface area contributed by atoms with Crippen molar-refractivity contribution in [2.75, 3.05) is 5.32 Å². The monoisotopic (exact) mass is 218 g/mol. The second-order valence-corrected chi connectivity index (χ2v) is 3.67. The zero-order valence-electron chi connectivity index (χ0n) is 9.31. The highest BCUT2D eigenvalue weighted by atomic mass is 16.3. The molecule has 0 saturated carbocycles. The van der Waals surface area contributed by atoms with Gasteiger partial charge in [-0.3, -0.25) is 9.67 Å². The van der Waals surface area contributed by atoms with Crippen molar-refractivity contribution in [1.29, 1.82) is 0 Å². The minimum atomic E-state index is 0.210. The van der Waals surface area contributed by atoms with Crippen LogP contribution in [0.25, 0.3) is 0 Å². The molecule has 0 atom stereocenters. The molecule has 0 radical (unpaired) electrons. The second-order valence-electron chi connectivity index (χ2n) is 3.67. The summed E-state index contributed by atoms with van der Waals surface area (Å²) in [5, 5.41) is 16.8. The molecule has 0 saturated heterocycles. The third kappa shape index (κ3) is 2.31. The van der Waals surface area contributed by atoms with Gasteiger partial charge >= 0.3 is 0 Å². The van der Waals surface area contributed by atoms with Crippen LogP contribution in [-0.2, 0) is 13.6 Å². The van der Waals surface area contributed by atoms with Gasteiger partial charge in [0.15, 0.2) is 0 Å². The third-order valence-electron chi connectivity index (χ3n) is 2.25. The molecular formula is C11H14N4O. The van der Waals surface area contributed by atoms with Gasteiger partial charge < -0.3 is 10.4 Å². The Balaban J connectivity index is 2.07. The molecule has 5 nitrogen and oxygen atoms in total. The quantitative estimate of drug-likeness (QED) is 0.818. The van der Waals surface area contributed by atoms with Crippen molar-refractivity contribution in [3.05, 3.63) is 35.9 Å². The van der Waals surface area contributed by atoms with E-state index >= 15 is 0 Å². The van der Waals surface area contributed by atoms with Crippen LogP contribution in [0, 0.1) is 6.92 Å². The normalized spacial score (nSPS) is 10.4. The zero-order chi connectivity index (χ0) is 11.5. The van der Waals surface area contributed by atoms with Gasteiger partial charge in [0, 0.05) is 18.9 Å². The van der Waals surface area contributed by atoms with E-state index in [9.17, 15) is 5.11 Å². The SMILES string of the molecule is Cc1ccc(O)c(CNc2cnn(C)c2)n1. The topological polar surface area (TPSA) is 63.0 Å². The average molecular weight is 218 g/mol. The molecule has 2 aromatic rings. The number of aryl methyl sites for hydroxylation is 2. The fourth-order valence-electron chi connectivity index (χ4n) is 1.43. The van der Waals surface area contributed by atoms with E-state index in [-0.39, 0.29) is 5.75 Å². The highest BCUT2D eigenvalue weighted by molar-refractivity contribution is 5.40. The smallest absolute Gasteiger partial charge is 0.138 e. The summed E-state index contributed by atoms with van der Waals surface area (Å²) in [6.07, 6.45) is 3.60. The summed E-state index contributed by atoms with van der Waals surface area (Å²) in [7, 11) is 1.85. The molecule has 2 heterocycles. The molecule has 0 unspecified atom stereocenters. The Labute approximate surface area is 93.8 Å². The predicted octanol–water partition coefficient (Wildman–Crippen LogP) is 1.44. The van der Waals surface area contributed by atoms with Gasteiger partial charge in [0.2, 0.25) is 0 Å². The molecule has 2 N–H and O–H groups in total. The summed E-state index contributed by atoms with van der Waals surface area (Å²) < 4.78 is 1.71. The van der Waals surface area contributed by atoms with Crippen molar-refractivity contribution in [3.63, 3.8) is 0 Å². The molecule has 0 aliphatic carbocycles. The highest BCUT2D eigenvalue weighted by Gasteiger charge is 2.03. The van der Waals surface area contributed by atoms with E-state index in [1.54, 1.807) is 23.0 Å². The van der Waals surface area contributed by atoms with Crippen molar-refractivity contribution < 1.29 is 5.11 Å². The van der Waals surface area contributed by atoms with Gasteiger partial charge in [0.05, 0.1) is 18.4 Å². The largest absolute Gasteiger partial charge is 0.506 e. The maximum Gasteiger partial charge on any atom is 0.138 e. The van der Waals surface area contributed by atoms with Gasteiger partial charge in [-0.25, -0.2) is 0 Å². The maximum absolute atomic E-state index is 9.59. The van der Waals surface area contributed by atoms with Crippen molar-refractivity contribution >= 4 is 5.69 Å². The number of hydrogen-bond donors (Lipinski definition) is 2. The van der Waals surface area contributed by atoms with E-state index in [0.717, 1.165) is 11.4 Å². The first-order valence-electron chi connectivity index (χ1n) is 5.03. The van der Waals surface area contributed by atoms with Crippen molar-refractivity contribution in [3.8, 4) is 5.75 Å². The molecule has 0 fully saturated rings. The summed E-state index contributed by atoms with van der Waals surface area (Å²) >= 11 is 0. The van der Waals surface area contributed by atoms with Crippen LogP contribution in [0.15, 0.2) is 24.5 Å². The number of pyridine rings is 1. The van der Waals surface area contributed by atoms with E-state index in [0.29, 0.717) is 12.2 Å². The number of anilines is 1. The minimum Gasteiger partial charge on any atom is -0.506 e. The molecule has 2 aromatic heterocycles. The summed E-state index contributed by atoms with van der Waals surface area (Å²) in [6.45, 7) is 2.38. The third-order valence-corrected chi connectivity index (χ3v) is 2.25. The molecule has 0 aromatic carbocycles. The van der Waals surface area contributed by atoms with Gasteiger partial charge in [-0.15, -0.1) is 0 Å². The van der Waals surface area contributed by atoms with Gasteiger partial charge in [0.1, 0.15) is 11.4 Å². The van der Waals surface area contributed by atoms with Gasteiger partial charge in [0.25, 0.3) is 0 Å². The van der Waals surface area contributed by atoms with Crippen LogP contribution in [0.3, 0.4) is 0 Å². The highest BCUT2D eigenvalue weighted by Crippen LogP contribution is 2.16. The molecule has 0 spiro atoms. The van der Waals surface area contributed by atoms with Crippen LogP contribution in [0.4, 0.5) is 5.69 Å². The van der Waals surface area contributed by atoms with Crippen LogP contribution in [0.2, 0.25) is 0 Å². The Bertz CT molecular complexity index is 492. The number of hydrogen-bond acceptors (Lipinski definition) is 4. The molecule has 0 aliphatic rings. The second kappa shape index (κ2) is 4.22. The standard InChI is InChI=1S/C11H14N4O/c1-8-3-4-11(16)10(14-8)6-12-9-5-13-15(2)7-9/h3-5,7,12,16H,6H2,1-2H3. The van der Waals surface area contributed by atoms with Crippen LogP contribution in [-0.4, -0.2) is 19.9 Å². The Morgan fingerprint density at radius 1 is 1.44 bits per heavy atom. The van der Waals surface area contributed by atoms with Crippen molar-refractivity contribution in [2.24, 2.45) is 7.05 Å². The van der Waals surface area contributed by atoms with E-state index < -0.39 is 0 Å². The fourth-order valence-corrected chi connectivity index (χ4v) is 1.43. The summed E-state index contributed by atoms with van der Waals surface area (Å²) in [4.78, 5) is 4.25. The molecule has 0 bridgehead atoms. The molecule has 0 aliphatic heterocycles. The van der Waals surface area contributed by atoms with Crippen LogP contribution >= 0.6 is 0 Å². The first-order chi connectivity index (χ1) is 7.65. The summed E-state index contributed by atoms with van der Waals surface area (Å²) in [5.41, 5.74) is 2.44. The molecule has 16 heavy (non-hydrogen) atoms. The van der Waals surface area contributed by atoms with Gasteiger partial charge in [-0.2, -0.15) is 5.10 Å². The Kier molecular flexibility index (Phi) is 2.76. The lowest BCUT2D eigenvalue weighted by molar-refractivity contribution is 0.464. The van der Waals surface area contributed by atoms with E-state index in [1.807, 2.05) is 20.2 Å². The maximum atomic E-state index is 9.59. The van der Waals surface area contributed by atoms with E-state index in [2.05, 4.69) is 15.4 Å². The Morgan fingerprint density at radius 3 is 2.94 bits per heavy atom. The number of nitrogens with one attached hydrogen (secondary N) is 1. The molecule has 84 valence electrons.